The normalized spacial score (nSPS) is 12.6. The summed E-state index contributed by atoms with van der Waals surface area (Å²) < 4.78 is 17.4. The molecule has 0 saturated carbocycles. The Hall–Kier alpha value is -2.27. The van der Waals surface area contributed by atoms with Gasteiger partial charge in [0.2, 0.25) is 6.79 Å². The van der Waals surface area contributed by atoms with E-state index in [1.54, 1.807) is 0 Å². The number of aromatic nitrogens is 1. The molecule has 2 aromatic carbocycles. The molecule has 0 saturated heterocycles. The molecule has 4 nitrogen and oxygen atoms in total. The molecular weight excluding hydrogens is 370 g/mol. The third kappa shape index (κ3) is 2.49. The molecule has 1 aliphatic heterocycles. The lowest BCUT2D eigenvalue weighted by atomic mass is 10.0. The van der Waals surface area contributed by atoms with Crippen LogP contribution < -0.4 is 14.2 Å². The third-order valence-electron chi connectivity index (χ3n) is 4.10. The lowest BCUT2D eigenvalue weighted by Gasteiger charge is -2.12. The second kappa shape index (κ2) is 5.98. The minimum Gasteiger partial charge on any atom is -0.494 e. The molecular formula is C19H16BrNO3. The van der Waals surface area contributed by atoms with Gasteiger partial charge in [0.15, 0.2) is 11.5 Å². The second-order valence-corrected chi connectivity index (χ2v) is 6.37. The summed E-state index contributed by atoms with van der Waals surface area (Å²) in [6.07, 6.45) is 0. The Balaban J connectivity index is 1.86. The Kier molecular flexibility index (Phi) is 3.81. The van der Waals surface area contributed by atoms with Crippen molar-refractivity contribution in [1.29, 1.82) is 0 Å². The van der Waals surface area contributed by atoms with Crippen LogP contribution in [0.4, 0.5) is 0 Å². The maximum absolute atomic E-state index is 5.51. The third-order valence-corrected chi connectivity index (χ3v) is 5.07. The zero-order valence-electron chi connectivity index (χ0n) is 13.4. The van der Waals surface area contributed by atoms with Crippen molar-refractivity contribution in [2.45, 2.75) is 13.8 Å². The Labute approximate surface area is 148 Å². The second-order valence-electron chi connectivity index (χ2n) is 5.58. The van der Waals surface area contributed by atoms with Crippen molar-refractivity contribution in [3.05, 3.63) is 46.4 Å². The van der Waals surface area contributed by atoms with E-state index in [4.69, 9.17) is 19.2 Å². The molecule has 2 heterocycles. The molecule has 1 aliphatic rings. The highest BCUT2D eigenvalue weighted by atomic mass is 79.9. The van der Waals surface area contributed by atoms with Crippen molar-refractivity contribution in [3.8, 4) is 28.5 Å². The number of pyridine rings is 1. The zero-order valence-corrected chi connectivity index (χ0v) is 15.0. The van der Waals surface area contributed by atoms with Gasteiger partial charge in [0.05, 0.1) is 17.8 Å². The van der Waals surface area contributed by atoms with E-state index in [0.29, 0.717) is 6.61 Å². The molecule has 0 radical (unpaired) electrons. The zero-order chi connectivity index (χ0) is 16.7. The number of fused-ring (bicyclic) bond motifs is 2. The number of benzene rings is 2. The van der Waals surface area contributed by atoms with Gasteiger partial charge in [0, 0.05) is 21.5 Å². The molecule has 0 aliphatic carbocycles. The fourth-order valence-corrected chi connectivity index (χ4v) is 3.39. The molecule has 4 rings (SSSR count). The summed E-state index contributed by atoms with van der Waals surface area (Å²) in [7, 11) is 0. The number of hydrogen-bond donors (Lipinski definition) is 0. The van der Waals surface area contributed by atoms with Crippen LogP contribution >= 0.6 is 15.9 Å². The van der Waals surface area contributed by atoms with Crippen molar-refractivity contribution in [2.75, 3.05) is 13.4 Å². The first-order chi connectivity index (χ1) is 11.7. The number of nitrogens with zero attached hydrogens (tertiary/aromatic N) is 1. The van der Waals surface area contributed by atoms with Crippen molar-refractivity contribution in [2.24, 2.45) is 0 Å². The van der Waals surface area contributed by atoms with E-state index in [1.165, 1.54) is 0 Å². The molecule has 0 spiro atoms. The van der Waals surface area contributed by atoms with Gasteiger partial charge >= 0.3 is 0 Å². The summed E-state index contributed by atoms with van der Waals surface area (Å²) in [5.74, 6) is 2.38. The Bertz CT molecular complexity index is 922. The van der Waals surface area contributed by atoms with Crippen LogP contribution in [0, 0.1) is 6.92 Å². The van der Waals surface area contributed by atoms with Gasteiger partial charge in [-0.2, -0.15) is 0 Å². The van der Waals surface area contributed by atoms with Crippen LogP contribution in [0.15, 0.2) is 40.9 Å². The first kappa shape index (κ1) is 15.3. The summed E-state index contributed by atoms with van der Waals surface area (Å²) in [5.41, 5.74) is 3.96. The van der Waals surface area contributed by atoms with Gasteiger partial charge in [-0.1, -0.05) is 0 Å². The molecule has 1 aromatic heterocycles. The molecule has 122 valence electrons. The highest BCUT2D eigenvalue weighted by molar-refractivity contribution is 9.10. The fraction of sp³-hybridized carbons (Fsp3) is 0.211. The molecule has 0 N–H and O–H groups in total. The Morgan fingerprint density at radius 1 is 1.12 bits per heavy atom. The van der Waals surface area contributed by atoms with E-state index in [0.717, 1.165) is 49.4 Å². The largest absolute Gasteiger partial charge is 0.494 e. The molecule has 0 amide bonds. The van der Waals surface area contributed by atoms with Gasteiger partial charge in [0.25, 0.3) is 0 Å². The maximum atomic E-state index is 5.51. The first-order valence-corrected chi connectivity index (χ1v) is 8.59. The summed E-state index contributed by atoms with van der Waals surface area (Å²) in [5, 5.41) is 1.06. The van der Waals surface area contributed by atoms with E-state index >= 15 is 0 Å². The van der Waals surface area contributed by atoms with Gasteiger partial charge in [-0.15, -0.1) is 0 Å². The van der Waals surface area contributed by atoms with E-state index in [-0.39, 0.29) is 6.79 Å². The van der Waals surface area contributed by atoms with E-state index in [1.807, 2.05) is 43.3 Å². The maximum Gasteiger partial charge on any atom is 0.231 e. The number of hydrogen-bond acceptors (Lipinski definition) is 4. The Morgan fingerprint density at radius 2 is 1.83 bits per heavy atom. The molecule has 3 aromatic rings. The van der Waals surface area contributed by atoms with Crippen LogP contribution in [0.5, 0.6) is 17.2 Å². The fourth-order valence-electron chi connectivity index (χ4n) is 2.86. The smallest absolute Gasteiger partial charge is 0.231 e. The topological polar surface area (TPSA) is 40.6 Å². The first-order valence-electron chi connectivity index (χ1n) is 7.80. The standard InChI is InChI=1S/C19H16BrNO3/c1-3-22-13-6-4-12(5-7-13)19-18(20)11(2)14-8-16-17(24-10-23-16)9-15(14)21-19/h4-9H,3,10H2,1-2H3. The molecule has 24 heavy (non-hydrogen) atoms. The van der Waals surface area contributed by atoms with Gasteiger partial charge in [0.1, 0.15) is 5.75 Å². The summed E-state index contributed by atoms with van der Waals surface area (Å²) >= 11 is 3.70. The van der Waals surface area contributed by atoms with Crippen molar-refractivity contribution in [3.63, 3.8) is 0 Å². The van der Waals surface area contributed by atoms with Gasteiger partial charge in [-0.05, 0) is 65.7 Å². The minimum absolute atomic E-state index is 0.262. The van der Waals surface area contributed by atoms with E-state index < -0.39 is 0 Å². The average molecular weight is 386 g/mol. The highest BCUT2D eigenvalue weighted by Gasteiger charge is 2.18. The minimum atomic E-state index is 0.262. The monoisotopic (exact) mass is 385 g/mol. The van der Waals surface area contributed by atoms with Crippen LogP contribution in [-0.2, 0) is 0 Å². The summed E-state index contributed by atoms with van der Waals surface area (Å²) in [4.78, 5) is 4.84. The lowest BCUT2D eigenvalue weighted by Crippen LogP contribution is -1.94. The number of ether oxygens (including phenoxy) is 3. The van der Waals surface area contributed by atoms with E-state index in [9.17, 15) is 0 Å². The number of rotatable bonds is 3. The highest BCUT2D eigenvalue weighted by Crippen LogP contribution is 2.40. The molecule has 5 heteroatoms. The van der Waals surface area contributed by atoms with Gasteiger partial charge in [-0.25, -0.2) is 4.98 Å². The van der Waals surface area contributed by atoms with Crippen LogP contribution in [0.2, 0.25) is 0 Å². The Morgan fingerprint density at radius 3 is 2.54 bits per heavy atom. The quantitative estimate of drug-likeness (QED) is 0.628. The van der Waals surface area contributed by atoms with Crippen LogP contribution in [0.25, 0.3) is 22.2 Å². The molecule has 0 atom stereocenters. The average Bonchev–Trinajstić information content (AvgIpc) is 3.05. The van der Waals surface area contributed by atoms with Crippen LogP contribution in [0.3, 0.4) is 0 Å². The predicted octanol–water partition coefficient (Wildman–Crippen LogP) is 5.10. The van der Waals surface area contributed by atoms with Gasteiger partial charge in [-0.3, -0.25) is 0 Å². The number of halogens is 1. The summed E-state index contributed by atoms with van der Waals surface area (Å²) in [6.45, 7) is 4.97. The molecule has 0 bridgehead atoms. The molecule has 0 fully saturated rings. The predicted molar refractivity (Wildman–Crippen MR) is 96.9 cm³/mol. The number of aryl methyl sites for hydroxylation is 1. The van der Waals surface area contributed by atoms with Crippen LogP contribution in [-0.4, -0.2) is 18.4 Å². The lowest BCUT2D eigenvalue weighted by molar-refractivity contribution is 0.174. The van der Waals surface area contributed by atoms with Gasteiger partial charge < -0.3 is 14.2 Å². The molecule has 0 unspecified atom stereocenters. The van der Waals surface area contributed by atoms with Crippen molar-refractivity contribution < 1.29 is 14.2 Å². The van der Waals surface area contributed by atoms with E-state index in [2.05, 4.69) is 22.9 Å². The summed E-state index contributed by atoms with van der Waals surface area (Å²) in [6, 6.07) is 11.9. The van der Waals surface area contributed by atoms with Crippen molar-refractivity contribution >= 4 is 26.8 Å². The van der Waals surface area contributed by atoms with Crippen LogP contribution in [0.1, 0.15) is 12.5 Å². The van der Waals surface area contributed by atoms with Crippen molar-refractivity contribution in [1.82, 2.24) is 4.98 Å². The SMILES string of the molecule is CCOc1ccc(-c2nc3cc4c(cc3c(C)c2Br)OCO4)cc1.